The Morgan fingerprint density at radius 3 is 2.74 bits per heavy atom. The van der Waals surface area contributed by atoms with Gasteiger partial charge in [-0.15, -0.1) is 11.8 Å². The van der Waals surface area contributed by atoms with Gasteiger partial charge < -0.3 is 19.5 Å². The van der Waals surface area contributed by atoms with Gasteiger partial charge in [0.25, 0.3) is 0 Å². The zero-order chi connectivity index (χ0) is 19.2. The number of rotatable bonds is 5. The Balaban J connectivity index is 1.73. The summed E-state index contributed by atoms with van der Waals surface area (Å²) < 4.78 is 15.8. The number of fused-ring (bicyclic) bond motifs is 1. The van der Waals surface area contributed by atoms with Crippen molar-refractivity contribution < 1.29 is 23.8 Å². The van der Waals surface area contributed by atoms with Crippen molar-refractivity contribution in [1.29, 1.82) is 0 Å². The van der Waals surface area contributed by atoms with E-state index in [1.165, 1.54) is 18.9 Å². The normalized spacial score (nSPS) is 15.3. The lowest BCUT2D eigenvalue weighted by Crippen LogP contribution is -2.32. The van der Waals surface area contributed by atoms with Crippen molar-refractivity contribution in [2.24, 2.45) is 0 Å². The summed E-state index contributed by atoms with van der Waals surface area (Å²) in [5.74, 6) is 0.163. The molecular weight excluding hydrogens is 366 g/mol. The lowest BCUT2D eigenvalue weighted by molar-refractivity contribution is 0.0595. The van der Waals surface area contributed by atoms with Crippen LogP contribution in [-0.2, 0) is 16.1 Å². The van der Waals surface area contributed by atoms with E-state index < -0.39 is 12.1 Å². The van der Waals surface area contributed by atoms with Crippen molar-refractivity contribution in [2.75, 3.05) is 20.0 Å². The molecule has 1 amide bonds. The van der Waals surface area contributed by atoms with E-state index in [1.807, 2.05) is 42.7 Å². The van der Waals surface area contributed by atoms with Gasteiger partial charge >= 0.3 is 12.1 Å². The molecule has 7 heteroatoms. The molecule has 0 unspecified atom stereocenters. The van der Waals surface area contributed by atoms with E-state index >= 15 is 0 Å². The van der Waals surface area contributed by atoms with Crippen LogP contribution in [0.5, 0.6) is 5.75 Å². The molecule has 0 saturated carbocycles. The minimum Gasteiger partial charge on any atom is -0.493 e. The third-order valence-corrected chi connectivity index (χ3v) is 5.06. The molecule has 3 rings (SSSR count). The molecule has 142 valence electrons. The molecule has 2 aromatic carbocycles. The second kappa shape index (κ2) is 8.81. The van der Waals surface area contributed by atoms with Crippen molar-refractivity contribution >= 4 is 23.8 Å². The van der Waals surface area contributed by atoms with Crippen molar-refractivity contribution in [3.8, 4) is 5.75 Å². The third kappa shape index (κ3) is 4.54. The number of ether oxygens (including phenoxy) is 3. The molecule has 0 aliphatic carbocycles. The molecule has 1 heterocycles. The highest BCUT2D eigenvalue weighted by atomic mass is 32.2. The molecule has 0 fully saturated rings. The van der Waals surface area contributed by atoms with Gasteiger partial charge in [-0.2, -0.15) is 0 Å². The smallest absolute Gasteiger partial charge is 0.407 e. The van der Waals surface area contributed by atoms with Crippen LogP contribution in [0.1, 0.15) is 33.9 Å². The van der Waals surface area contributed by atoms with Crippen LogP contribution >= 0.6 is 11.8 Å². The van der Waals surface area contributed by atoms with Crippen LogP contribution < -0.4 is 10.1 Å². The van der Waals surface area contributed by atoms with Crippen LogP contribution in [0, 0.1) is 0 Å². The zero-order valence-electron chi connectivity index (χ0n) is 15.2. The number of benzene rings is 2. The number of carbonyl (C=O) groups excluding carboxylic acids is 2. The van der Waals surface area contributed by atoms with Gasteiger partial charge in [0.2, 0.25) is 0 Å². The van der Waals surface area contributed by atoms with Gasteiger partial charge in [-0.3, -0.25) is 0 Å². The van der Waals surface area contributed by atoms with Gasteiger partial charge in [-0.25, -0.2) is 9.59 Å². The summed E-state index contributed by atoms with van der Waals surface area (Å²) in [6.45, 7) is 0.649. The highest BCUT2D eigenvalue weighted by Crippen LogP contribution is 2.37. The van der Waals surface area contributed by atoms with Gasteiger partial charge in [-0.05, 0) is 24.0 Å². The van der Waals surface area contributed by atoms with E-state index in [4.69, 9.17) is 14.2 Å². The van der Waals surface area contributed by atoms with Crippen LogP contribution in [0.3, 0.4) is 0 Å². The zero-order valence-corrected chi connectivity index (χ0v) is 16.0. The maximum atomic E-state index is 12.2. The fourth-order valence-corrected chi connectivity index (χ4v) is 3.52. The Bertz CT molecular complexity index is 825. The van der Waals surface area contributed by atoms with Crippen molar-refractivity contribution in [3.05, 3.63) is 59.2 Å². The molecule has 1 N–H and O–H groups in total. The Labute approximate surface area is 162 Å². The molecule has 0 spiro atoms. The van der Waals surface area contributed by atoms with Crippen LogP contribution in [0.25, 0.3) is 0 Å². The summed E-state index contributed by atoms with van der Waals surface area (Å²) in [7, 11) is 1.35. The van der Waals surface area contributed by atoms with E-state index in [0.717, 1.165) is 16.0 Å². The monoisotopic (exact) mass is 387 g/mol. The summed E-state index contributed by atoms with van der Waals surface area (Å²) in [6.07, 6.45) is 2.02. The molecule has 2 aromatic rings. The summed E-state index contributed by atoms with van der Waals surface area (Å²) in [4.78, 5) is 25.0. The number of esters is 1. The molecule has 0 bridgehead atoms. The number of carbonyl (C=O) groups is 2. The van der Waals surface area contributed by atoms with Gasteiger partial charge in [0, 0.05) is 16.9 Å². The fourth-order valence-electron chi connectivity index (χ4n) is 2.91. The standard InChI is InChI=1S/C20H21NO5S/c1-24-19(22)15-10-17-14(11-18(15)27-2)16(8-9-25-17)21-20(23)26-12-13-6-4-3-5-7-13/h3-7,10-11,16H,8-9,12H2,1-2H3,(H,21,23)/t16-/m0/s1. The number of alkyl carbamates (subject to hydrolysis) is 1. The van der Waals surface area contributed by atoms with Crippen LogP contribution in [-0.4, -0.2) is 32.0 Å². The average molecular weight is 387 g/mol. The first kappa shape index (κ1) is 19.1. The minimum atomic E-state index is -0.487. The second-order valence-corrected chi connectivity index (χ2v) is 6.83. The summed E-state index contributed by atoms with van der Waals surface area (Å²) in [5.41, 5.74) is 2.21. The maximum absolute atomic E-state index is 12.2. The van der Waals surface area contributed by atoms with Crippen LogP contribution in [0.4, 0.5) is 4.79 Å². The van der Waals surface area contributed by atoms with Crippen molar-refractivity contribution in [1.82, 2.24) is 5.32 Å². The Hall–Kier alpha value is -2.67. The second-order valence-electron chi connectivity index (χ2n) is 5.98. The third-order valence-electron chi connectivity index (χ3n) is 4.28. The van der Waals surface area contributed by atoms with Crippen LogP contribution in [0.2, 0.25) is 0 Å². The first-order valence-corrected chi connectivity index (χ1v) is 9.75. The topological polar surface area (TPSA) is 73.9 Å². The molecule has 0 aromatic heterocycles. The van der Waals surface area contributed by atoms with Gasteiger partial charge in [0.05, 0.1) is 25.3 Å². The lowest BCUT2D eigenvalue weighted by atomic mass is 9.99. The summed E-state index contributed by atoms with van der Waals surface area (Å²) in [5, 5.41) is 2.89. The predicted molar refractivity (Wildman–Crippen MR) is 102 cm³/mol. The van der Waals surface area contributed by atoms with E-state index in [-0.39, 0.29) is 12.6 Å². The molecule has 1 atom stereocenters. The highest BCUT2D eigenvalue weighted by Gasteiger charge is 2.27. The molecule has 27 heavy (non-hydrogen) atoms. The van der Waals surface area contributed by atoms with E-state index in [9.17, 15) is 9.59 Å². The number of hydrogen-bond donors (Lipinski definition) is 1. The quantitative estimate of drug-likeness (QED) is 0.619. The van der Waals surface area contributed by atoms with E-state index in [1.54, 1.807) is 6.07 Å². The maximum Gasteiger partial charge on any atom is 0.407 e. The molecule has 0 radical (unpaired) electrons. The number of thioether (sulfide) groups is 1. The highest BCUT2D eigenvalue weighted by molar-refractivity contribution is 7.98. The fraction of sp³-hybridized carbons (Fsp3) is 0.300. The number of methoxy groups -OCH3 is 1. The van der Waals surface area contributed by atoms with Gasteiger partial charge in [0.1, 0.15) is 12.4 Å². The first-order valence-electron chi connectivity index (χ1n) is 8.52. The number of nitrogens with one attached hydrogen (secondary N) is 1. The van der Waals surface area contributed by atoms with Gasteiger partial charge in [0.15, 0.2) is 0 Å². The SMILES string of the molecule is COC(=O)c1cc2c(cc1SC)[C@@H](NC(=O)OCc1ccccc1)CCO2. The minimum absolute atomic E-state index is 0.208. The van der Waals surface area contributed by atoms with E-state index in [2.05, 4.69) is 5.32 Å². The molecule has 0 saturated heterocycles. The number of hydrogen-bond acceptors (Lipinski definition) is 6. The summed E-state index contributed by atoms with van der Waals surface area (Å²) >= 11 is 1.44. The Morgan fingerprint density at radius 1 is 1.26 bits per heavy atom. The molecule has 1 aliphatic rings. The predicted octanol–water partition coefficient (Wildman–Crippen LogP) is 3.95. The van der Waals surface area contributed by atoms with Crippen LogP contribution in [0.15, 0.2) is 47.4 Å². The molecular formula is C20H21NO5S. The van der Waals surface area contributed by atoms with E-state index in [0.29, 0.717) is 24.3 Å². The van der Waals surface area contributed by atoms with Gasteiger partial charge in [-0.1, -0.05) is 30.3 Å². The molecule has 6 nitrogen and oxygen atoms in total. The first-order chi connectivity index (χ1) is 13.1. The van der Waals surface area contributed by atoms with Crippen molar-refractivity contribution in [3.63, 3.8) is 0 Å². The lowest BCUT2D eigenvalue weighted by Gasteiger charge is -2.27. The molecule has 1 aliphatic heterocycles. The Kier molecular flexibility index (Phi) is 6.24. The number of amides is 1. The van der Waals surface area contributed by atoms with Crippen molar-refractivity contribution in [2.45, 2.75) is 24.0 Å². The Morgan fingerprint density at radius 2 is 2.04 bits per heavy atom. The average Bonchev–Trinajstić information content (AvgIpc) is 2.71. The largest absolute Gasteiger partial charge is 0.493 e. The summed E-state index contributed by atoms with van der Waals surface area (Å²) in [6, 6.07) is 12.8.